The van der Waals surface area contributed by atoms with E-state index in [0.717, 1.165) is 54.6 Å². The highest BCUT2D eigenvalue weighted by molar-refractivity contribution is 7.98. The number of thioether (sulfide) groups is 1. The average Bonchev–Trinajstić information content (AvgIpc) is 3.23. The molecule has 0 atom stereocenters. The zero-order valence-corrected chi connectivity index (χ0v) is 19.5. The lowest BCUT2D eigenvalue weighted by Gasteiger charge is -2.32. The third kappa shape index (κ3) is 6.22. The van der Waals surface area contributed by atoms with Gasteiger partial charge in [-0.3, -0.25) is 9.69 Å². The molecule has 4 rings (SSSR count). The van der Waals surface area contributed by atoms with Crippen molar-refractivity contribution >= 4 is 17.7 Å². The molecular weight excluding hydrogens is 420 g/mol. The number of aromatic nitrogens is 1. The predicted octanol–water partition coefficient (Wildman–Crippen LogP) is 3.95. The van der Waals surface area contributed by atoms with E-state index >= 15 is 0 Å². The molecule has 1 fully saturated rings. The van der Waals surface area contributed by atoms with Crippen LogP contribution in [0, 0.1) is 6.92 Å². The van der Waals surface area contributed by atoms with Gasteiger partial charge >= 0.3 is 0 Å². The summed E-state index contributed by atoms with van der Waals surface area (Å²) in [5, 5.41) is 7.01. The molecule has 0 unspecified atom stereocenters. The molecule has 1 saturated heterocycles. The normalized spacial score (nSPS) is 15.1. The Labute approximate surface area is 194 Å². The maximum absolute atomic E-state index is 12.9. The zero-order valence-electron chi connectivity index (χ0n) is 18.7. The maximum atomic E-state index is 12.9. The smallest absolute Gasteiger partial charge is 0.252 e. The van der Waals surface area contributed by atoms with E-state index < -0.39 is 0 Å². The van der Waals surface area contributed by atoms with Crippen molar-refractivity contribution in [1.29, 1.82) is 0 Å². The Bertz CT molecular complexity index is 1040. The summed E-state index contributed by atoms with van der Waals surface area (Å²) in [5.41, 5.74) is 3.95. The highest BCUT2D eigenvalue weighted by Gasteiger charge is 2.15. The van der Waals surface area contributed by atoms with E-state index in [1.165, 1.54) is 5.56 Å². The van der Waals surface area contributed by atoms with Crippen molar-refractivity contribution in [2.75, 3.05) is 33.2 Å². The number of aryl methyl sites for hydroxylation is 1. The maximum Gasteiger partial charge on any atom is 0.252 e. The zero-order chi connectivity index (χ0) is 22.3. The number of rotatable bonds is 8. The van der Waals surface area contributed by atoms with E-state index in [1.54, 1.807) is 11.8 Å². The molecule has 2 heterocycles. The van der Waals surface area contributed by atoms with E-state index in [2.05, 4.69) is 51.6 Å². The molecule has 1 aliphatic rings. The van der Waals surface area contributed by atoms with E-state index in [-0.39, 0.29) is 5.91 Å². The molecule has 1 amide bonds. The summed E-state index contributed by atoms with van der Waals surface area (Å²) in [6.07, 6.45) is 0. The molecule has 3 aromatic rings. The number of amides is 1. The average molecular weight is 451 g/mol. The molecule has 7 heteroatoms. The number of carbonyl (C=O) groups excluding carboxylic acids is 1. The van der Waals surface area contributed by atoms with Gasteiger partial charge in [-0.2, -0.15) is 0 Å². The topological polar surface area (TPSA) is 61.6 Å². The van der Waals surface area contributed by atoms with Crippen LogP contribution in [0.4, 0.5) is 0 Å². The number of benzene rings is 2. The standard InChI is InChI=1S/C25H30N4O2S/c1-19-14-22(31-27-19)18-32-24-9-4-3-8-23(24)25(30)26-16-20-6-5-7-21(15-20)17-29-12-10-28(2)11-13-29/h3-9,14-15H,10-13,16-18H2,1-2H3,(H,26,30). The Kier molecular flexibility index (Phi) is 7.63. The van der Waals surface area contributed by atoms with E-state index in [9.17, 15) is 4.79 Å². The predicted molar refractivity (Wildman–Crippen MR) is 128 cm³/mol. The molecule has 1 aliphatic heterocycles. The molecule has 1 N–H and O–H groups in total. The van der Waals surface area contributed by atoms with Crippen molar-refractivity contribution in [3.8, 4) is 0 Å². The van der Waals surface area contributed by atoms with Crippen LogP contribution in [0.1, 0.15) is 32.9 Å². The number of hydrogen-bond acceptors (Lipinski definition) is 6. The lowest BCUT2D eigenvalue weighted by molar-refractivity contribution is 0.0948. The second-order valence-electron chi connectivity index (χ2n) is 8.30. The number of carbonyl (C=O) groups is 1. The van der Waals surface area contributed by atoms with Gasteiger partial charge in [-0.15, -0.1) is 11.8 Å². The minimum Gasteiger partial charge on any atom is -0.360 e. The first-order chi connectivity index (χ1) is 15.6. The minimum absolute atomic E-state index is 0.0636. The molecule has 32 heavy (non-hydrogen) atoms. The van der Waals surface area contributed by atoms with Crippen molar-refractivity contribution in [2.24, 2.45) is 0 Å². The summed E-state index contributed by atoms with van der Waals surface area (Å²) in [5.74, 6) is 1.38. The highest BCUT2D eigenvalue weighted by Crippen LogP contribution is 2.26. The molecule has 0 bridgehead atoms. The van der Waals surface area contributed by atoms with Gasteiger partial charge < -0.3 is 14.7 Å². The van der Waals surface area contributed by atoms with Gasteiger partial charge in [0.25, 0.3) is 5.91 Å². The van der Waals surface area contributed by atoms with Gasteiger partial charge in [0.15, 0.2) is 0 Å². The molecule has 2 aromatic carbocycles. The highest BCUT2D eigenvalue weighted by atomic mass is 32.2. The van der Waals surface area contributed by atoms with Gasteiger partial charge in [0.1, 0.15) is 5.76 Å². The van der Waals surface area contributed by atoms with Crippen LogP contribution in [0.5, 0.6) is 0 Å². The molecule has 0 spiro atoms. The van der Waals surface area contributed by atoms with Gasteiger partial charge in [-0.1, -0.05) is 41.6 Å². The van der Waals surface area contributed by atoms with Crippen molar-refractivity contribution < 1.29 is 9.32 Å². The number of likely N-dealkylation sites (N-methyl/N-ethyl adjacent to an activating group) is 1. The monoisotopic (exact) mass is 450 g/mol. The van der Waals surface area contributed by atoms with Crippen LogP contribution in [0.25, 0.3) is 0 Å². The fraction of sp³-hybridized carbons (Fsp3) is 0.360. The summed E-state index contributed by atoms with van der Waals surface area (Å²) in [6.45, 7) is 7.79. The fourth-order valence-electron chi connectivity index (χ4n) is 3.79. The third-order valence-corrected chi connectivity index (χ3v) is 6.72. The van der Waals surface area contributed by atoms with Crippen LogP contribution in [0.15, 0.2) is 64.0 Å². The summed E-state index contributed by atoms with van der Waals surface area (Å²) in [6, 6.07) is 18.1. The van der Waals surface area contributed by atoms with Crippen LogP contribution in [-0.4, -0.2) is 54.1 Å². The van der Waals surface area contributed by atoms with Gasteiger partial charge in [0.05, 0.1) is 17.0 Å². The second-order valence-corrected chi connectivity index (χ2v) is 9.32. The largest absolute Gasteiger partial charge is 0.360 e. The molecular formula is C25H30N4O2S. The molecule has 1 aromatic heterocycles. The first kappa shape index (κ1) is 22.6. The van der Waals surface area contributed by atoms with Crippen LogP contribution in [-0.2, 0) is 18.8 Å². The number of nitrogens with zero attached hydrogens (tertiary/aromatic N) is 3. The Morgan fingerprint density at radius 2 is 1.84 bits per heavy atom. The Morgan fingerprint density at radius 3 is 2.62 bits per heavy atom. The van der Waals surface area contributed by atoms with Crippen LogP contribution in [0.3, 0.4) is 0 Å². The van der Waals surface area contributed by atoms with E-state index in [0.29, 0.717) is 17.9 Å². The van der Waals surface area contributed by atoms with Gasteiger partial charge in [-0.05, 0) is 37.2 Å². The van der Waals surface area contributed by atoms with Crippen LogP contribution >= 0.6 is 11.8 Å². The lowest BCUT2D eigenvalue weighted by Crippen LogP contribution is -2.43. The number of nitrogens with one attached hydrogen (secondary N) is 1. The van der Waals surface area contributed by atoms with Crippen molar-refractivity contribution in [3.05, 3.63) is 82.7 Å². The van der Waals surface area contributed by atoms with Crippen molar-refractivity contribution in [3.63, 3.8) is 0 Å². The number of hydrogen-bond donors (Lipinski definition) is 1. The first-order valence-corrected chi connectivity index (χ1v) is 12.0. The molecule has 168 valence electrons. The molecule has 6 nitrogen and oxygen atoms in total. The third-order valence-electron chi connectivity index (χ3n) is 5.62. The molecule has 0 aliphatic carbocycles. The van der Waals surface area contributed by atoms with Crippen LogP contribution in [0.2, 0.25) is 0 Å². The summed E-state index contributed by atoms with van der Waals surface area (Å²) < 4.78 is 5.29. The first-order valence-electron chi connectivity index (χ1n) is 11.0. The van der Waals surface area contributed by atoms with Crippen LogP contribution < -0.4 is 5.32 Å². The van der Waals surface area contributed by atoms with Crippen molar-refractivity contribution in [2.45, 2.75) is 30.7 Å². The summed E-state index contributed by atoms with van der Waals surface area (Å²) in [7, 11) is 2.17. The SMILES string of the molecule is Cc1cc(CSc2ccccc2C(=O)NCc2cccc(CN3CCN(C)CC3)c2)on1. The van der Waals surface area contributed by atoms with Crippen molar-refractivity contribution in [1.82, 2.24) is 20.3 Å². The quantitative estimate of drug-likeness (QED) is 0.525. The second kappa shape index (κ2) is 10.8. The summed E-state index contributed by atoms with van der Waals surface area (Å²) >= 11 is 1.58. The Balaban J connectivity index is 1.33. The summed E-state index contributed by atoms with van der Waals surface area (Å²) in [4.78, 5) is 18.7. The molecule has 0 saturated carbocycles. The van der Waals surface area contributed by atoms with E-state index in [4.69, 9.17) is 4.52 Å². The Hall–Kier alpha value is -2.61. The fourth-order valence-corrected chi connectivity index (χ4v) is 4.72. The number of piperazine rings is 1. The van der Waals surface area contributed by atoms with Gasteiger partial charge in [0, 0.05) is 50.2 Å². The van der Waals surface area contributed by atoms with Gasteiger partial charge in [0.2, 0.25) is 0 Å². The lowest BCUT2D eigenvalue weighted by atomic mass is 10.1. The Morgan fingerprint density at radius 1 is 1.06 bits per heavy atom. The van der Waals surface area contributed by atoms with E-state index in [1.807, 2.05) is 37.3 Å². The van der Waals surface area contributed by atoms with Gasteiger partial charge in [-0.25, -0.2) is 0 Å². The molecule has 0 radical (unpaired) electrons. The minimum atomic E-state index is -0.0636.